The number of rotatable bonds is 4. The first-order valence-electron chi connectivity index (χ1n) is 14.0. The summed E-state index contributed by atoms with van der Waals surface area (Å²) in [4.78, 5) is 58.3. The van der Waals surface area contributed by atoms with Gasteiger partial charge in [0.05, 0.1) is 42.2 Å². The van der Waals surface area contributed by atoms with Crippen LogP contribution in [-0.2, 0) is 19.2 Å². The molecule has 4 aliphatic rings. The van der Waals surface area contributed by atoms with Gasteiger partial charge in [-0.05, 0) is 85.0 Å². The zero-order valence-electron chi connectivity index (χ0n) is 22.9. The number of halogens is 2. The van der Waals surface area contributed by atoms with Gasteiger partial charge < -0.3 is 9.84 Å². The number of aromatic hydroxyl groups is 1. The lowest BCUT2D eigenvalue weighted by atomic mass is 9.57. The van der Waals surface area contributed by atoms with E-state index < -0.39 is 35.5 Å². The Balaban J connectivity index is 1.33. The van der Waals surface area contributed by atoms with Crippen LogP contribution >= 0.6 is 23.2 Å². The number of amides is 4. The second-order valence-corrected chi connectivity index (χ2v) is 12.3. The van der Waals surface area contributed by atoms with E-state index in [2.05, 4.69) is 0 Å². The Morgan fingerprint density at radius 3 is 1.84 bits per heavy atom. The fourth-order valence-electron chi connectivity index (χ4n) is 7.55. The van der Waals surface area contributed by atoms with E-state index in [0.29, 0.717) is 33.4 Å². The standard InChI is InChI=1S/C33H26Cl2N2O6/c1-43-26-13-2-16(14-25(26)38)27-21-11-12-22-28(32(41)36(30(22)39)19-7-3-17(34)4-8-19)23(21)15-24-29(27)33(42)37(31(24)40)20-9-5-18(35)6-10-20/h2-11,13-14,22-24,27-29,38H,12,15H2,1H3. The SMILES string of the molecule is COc1ccc(C2C3=CCC4C(=O)N(c5ccc(Cl)cc5)C(=O)C4C3CC3C(=O)N(c4ccc(Cl)cc4)C(=O)C32)cc1O. The van der Waals surface area contributed by atoms with Gasteiger partial charge in [-0.25, -0.2) is 0 Å². The molecule has 3 fully saturated rings. The van der Waals surface area contributed by atoms with E-state index >= 15 is 0 Å². The Hall–Kier alpha value is -4.14. The molecule has 3 aromatic rings. The average Bonchev–Trinajstić information content (AvgIpc) is 3.41. The molecular formula is C33H26Cl2N2O6. The Bertz CT molecular complexity index is 1720. The first-order valence-corrected chi connectivity index (χ1v) is 14.8. The number of ether oxygens (including phenoxy) is 1. The van der Waals surface area contributed by atoms with Gasteiger partial charge in [0.15, 0.2) is 11.5 Å². The molecule has 6 atom stereocenters. The Morgan fingerprint density at radius 2 is 1.28 bits per heavy atom. The van der Waals surface area contributed by atoms with Crippen molar-refractivity contribution in [3.63, 3.8) is 0 Å². The molecule has 2 aliphatic carbocycles. The summed E-state index contributed by atoms with van der Waals surface area (Å²) < 4.78 is 5.25. The number of carbonyl (C=O) groups is 4. The maximum atomic E-state index is 14.1. The van der Waals surface area contributed by atoms with Crippen molar-refractivity contribution in [2.75, 3.05) is 16.9 Å². The smallest absolute Gasteiger partial charge is 0.238 e. The van der Waals surface area contributed by atoms with Gasteiger partial charge in [0.25, 0.3) is 0 Å². The molecule has 1 saturated carbocycles. The second-order valence-electron chi connectivity index (χ2n) is 11.4. The molecule has 8 nitrogen and oxygen atoms in total. The summed E-state index contributed by atoms with van der Waals surface area (Å²) in [5.74, 6) is -4.95. The van der Waals surface area contributed by atoms with Gasteiger partial charge in [-0.2, -0.15) is 0 Å². The molecule has 2 heterocycles. The lowest BCUT2D eigenvalue weighted by Gasteiger charge is -2.44. The molecule has 218 valence electrons. The van der Waals surface area contributed by atoms with Gasteiger partial charge in [-0.15, -0.1) is 0 Å². The molecule has 10 heteroatoms. The van der Waals surface area contributed by atoms with Gasteiger partial charge in [-0.1, -0.05) is 40.9 Å². The van der Waals surface area contributed by atoms with Gasteiger partial charge in [0, 0.05) is 16.0 Å². The van der Waals surface area contributed by atoms with Crippen LogP contribution < -0.4 is 14.5 Å². The van der Waals surface area contributed by atoms with Crippen molar-refractivity contribution in [3.8, 4) is 11.5 Å². The minimum absolute atomic E-state index is 0.0969. The Morgan fingerprint density at radius 1 is 0.721 bits per heavy atom. The summed E-state index contributed by atoms with van der Waals surface area (Å²) in [5.41, 5.74) is 2.33. The molecule has 6 unspecified atom stereocenters. The highest BCUT2D eigenvalue weighted by atomic mass is 35.5. The van der Waals surface area contributed by atoms with Crippen molar-refractivity contribution in [3.05, 3.63) is 94.0 Å². The summed E-state index contributed by atoms with van der Waals surface area (Å²) in [6.45, 7) is 0. The monoisotopic (exact) mass is 616 g/mol. The van der Waals surface area contributed by atoms with E-state index in [0.717, 1.165) is 5.57 Å². The predicted octanol–water partition coefficient (Wildman–Crippen LogP) is 5.75. The van der Waals surface area contributed by atoms with Crippen LogP contribution in [0.3, 0.4) is 0 Å². The molecule has 4 amide bonds. The van der Waals surface area contributed by atoms with Crippen molar-refractivity contribution in [2.24, 2.45) is 29.6 Å². The largest absolute Gasteiger partial charge is 0.504 e. The lowest BCUT2D eigenvalue weighted by Crippen LogP contribution is -2.43. The second kappa shape index (κ2) is 10.2. The van der Waals surface area contributed by atoms with Crippen molar-refractivity contribution < 1.29 is 29.0 Å². The number of fused-ring (bicyclic) bond motifs is 4. The first-order chi connectivity index (χ1) is 20.7. The number of nitrogens with zero attached hydrogens (tertiary/aromatic N) is 2. The Labute approximate surface area is 257 Å². The third-order valence-electron chi connectivity index (χ3n) is 9.38. The van der Waals surface area contributed by atoms with Crippen molar-refractivity contribution >= 4 is 58.2 Å². The average molecular weight is 617 g/mol. The molecule has 3 aromatic carbocycles. The van der Waals surface area contributed by atoms with Crippen molar-refractivity contribution in [1.29, 1.82) is 0 Å². The molecule has 1 N–H and O–H groups in total. The third kappa shape index (κ3) is 4.18. The van der Waals surface area contributed by atoms with Crippen LogP contribution in [0.2, 0.25) is 10.0 Å². The minimum atomic E-state index is -0.755. The van der Waals surface area contributed by atoms with E-state index in [-0.39, 0.29) is 41.5 Å². The first kappa shape index (κ1) is 27.7. The minimum Gasteiger partial charge on any atom is -0.504 e. The normalized spacial score (nSPS) is 28.0. The molecule has 0 bridgehead atoms. The number of anilines is 2. The maximum Gasteiger partial charge on any atom is 0.238 e. The van der Waals surface area contributed by atoms with Crippen LogP contribution in [0, 0.1) is 29.6 Å². The van der Waals surface area contributed by atoms with Crippen molar-refractivity contribution in [1.82, 2.24) is 0 Å². The number of carbonyl (C=O) groups excluding carboxylic acids is 4. The van der Waals surface area contributed by atoms with Gasteiger partial charge in [-0.3, -0.25) is 29.0 Å². The summed E-state index contributed by atoms with van der Waals surface area (Å²) in [6.07, 6.45) is 2.54. The van der Waals surface area contributed by atoms with E-state index in [1.54, 1.807) is 66.7 Å². The number of imide groups is 2. The van der Waals surface area contributed by atoms with Crippen molar-refractivity contribution in [2.45, 2.75) is 18.8 Å². The summed E-state index contributed by atoms with van der Waals surface area (Å²) in [5, 5.41) is 11.7. The molecule has 43 heavy (non-hydrogen) atoms. The number of methoxy groups -OCH3 is 1. The molecule has 0 spiro atoms. The van der Waals surface area contributed by atoms with Crippen LogP contribution in [0.4, 0.5) is 11.4 Å². The highest BCUT2D eigenvalue weighted by Crippen LogP contribution is 2.58. The molecule has 2 aliphatic heterocycles. The molecule has 7 rings (SSSR count). The summed E-state index contributed by atoms with van der Waals surface area (Å²) >= 11 is 12.1. The summed E-state index contributed by atoms with van der Waals surface area (Å²) in [6, 6.07) is 18.0. The van der Waals surface area contributed by atoms with Crippen LogP contribution in [0.5, 0.6) is 11.5 Å². The van der Waals surface area contributed by atoms with E-state index in [1.165, 1.54) is 16.9 Å². The number of hydrogen-bond donors (Lipinski definition) is 1. The third-order valence-corrected chi connectivity index (χ3v) is 9.88. The number of phenolic OH excluding ortho intramolecular Hbond substituents is 1. The maximum absolute atomic E-state index is 14.1. The molecule has 0 radical (unpaired) electrons. The molecule has 0 aromatic heterocycles. The van der Waals surface area contributed by atoms with Crippen LogP contribution in [0.25, 0.3) is 0 Å². The Kier molecular flexibility index (Phi) is 6.59. The predicted molar refractivity (Wildman–Crippen MR) is 160 cm³/mol. The summed E-state index contributed by atoms with van der Waals surface area (Å²) in [7, 11) is 1.45. The zero-order chi connectivity index (χ0) is 30.2. The van der Waals surface area contributed by atoms with Gasteiger partial charge in [0.2, 0.25) is 23.6 Å². The number of benzene rings is 3. The van der Waals surface area contributed by atoms with Crippen LogP contribution in [0.1, 0.15) is 24.3 Å². The zero-order valence-corrected chi connectivity index (χ0v) is 24.5. The fraction of sp³-hybridized carbons (Fsp3) is 0.273. The van der Waals surface area contributed by atoms with Gasteiger partial charge in [0.1, 0.15) is 0 Å². The fourth-order valence-corrected chi connectivity index (χ4v) is 7.81. The van der Waals surface area contributed by atoms with E-state index in [9.17, 15) is 24.3 Å². The number of allylic oxidation sites excluding steroid dienone is 2. The molecular weight excluding hydrogens is 591 g/mol. The highest BCUT2D eigenvalue weighted by molar-refractivity contribution is 6.31. The molecule has 2 saturated heterocycles. The van der Waals surface area contributed by atoms with E-state index in [1.807, 2.05) is 6.08 Å². The van der Waals surface area contributed by atoms with Gasteiger partial charge >= 0.3 is 0 Å². The van der Waals surface area contributed by atoms with Crippen LogP contribution in [-0.4, -0.2) is 35.8 Å². The topological polar surface area (TPSA) is 104 Å². The van der Waals surface area contributed by atoms with E-state index in [4.69, 9.17) is 27.9 Å². The number of hydrogen-bond acceptors (Lipinski definition) is 6. The highest BCUT2D eigenvalue weighted by Gasteiger charge is 2.62. The number of phenols is 1. The lowest BCUT2D eigenvalue weighted by molar-refractivity contribution is -0.126. The quantitative estimate of drug-likeness (QED) is 0.295. The van der Waals surface area contributed by atoms with Crippen LogP contribution in [0.15, 0.2) is 78.4 Å².